The zero-order chi connectivity index (χ0) is 18.8. The first kappa shape index (κ1) is 18.0. The molecule has 0 bridgehead atoms. The monoisotopic (exact) mass is 402 g/mol. The SMILES string of the molecule is O=C(NCc1ccc(Cl)cc1)c1nnn2c1CO[C@@H](c1ccc(Cl)cc1)C2. The van der Waals surface area contributed by atoms with Crippen molar-refractivity contribution >= 4 is 29.1 Å². The summed E-state index contributed by atoms with van der Waals surface area (Å²) in [7, 11) is 0. The van der Waals surface area contributed by atoms with Crippen molar-refractivity contribution in [3.05, 3.63) is 81.1 Å². The van der Waals surface area contributed by atoms with Crippen LogP contribution in [0.4, 0.5) is 0 Å². The van der Waals surface area contributed by atoms with Crippen molar-refractivity contribution in [1.82, 2.24) is 20.3 Å². The van der Waals surface area contributed by atoms with Crippen LogP contribution in [0.5, 0.6) is 0 Å². The number of halogens is 2. The lowest BCUT2D eigenvalue weighted by molar-refractivity contribution is -0.00176. The largest absolute Gasteiger partial charge is 0.365 e. The number of nitrogens with one attached hydrogen (secondary N) is 1. The Kier molecular flexibility index (Phi) is 5.11. The maximum absolute atomic E-state index is 12.5. The third-order valence-corrected chi connectivity index (χ3v) is 4.92. The average Bonchev–Trinajstić information content (AvgIpc) is 3.11. The number of carbonyl (C=O) groups excluding carboxylic acids is 1. The molecule has 27 heavy (non-hydrogen) atoms. The predicted octanol–water partition coefficient (Wildman–Crippen LogP) is 3.79. The van der Waals surface area contributed by atoms with Gasteiger partial charge in [0.2, 0.25) is 0 Å². The molecule has 2 heterocycles. The second kappa shape index (κ2) is 7.68. The van der Waals surface area contributed by atoms with Gasteiger partial charge < -0.3 is 10.1 Å². The molecule has 1 aliphatic heterocycles. The molecule has 0 aliphatic carbocycles. The fraction of sp³-hybridized carbons (Fsp3) is 0.211. The molecule has 0 radical (unpaired) electrons. The number of rotatable bonds is 4. The fourth-order valence-corrected chi connectivity index (χ4v) is 3.19. The van der Waals surface area contributed by atoms with E-state index in [1.807, 2.05) is 36.4 Å². The third kappa shape index (κ3) is 3.98. The van der Waals surface area contributed by atoms with Crippen molar-refractivity contribution in [1.29, 1.82) is 0 Å². The van der Waals surface area contributed by atoms with Gasteiger partial charge in [0.05, 0.1) is 18.8 Å². The molecular formula is C19H16Cl2N4O2. The number of hydrogen-bond acceptors (Lipinski definition) is 4. The minimum Gasteiger partial charge on any atom is -0.365 e. The van der Waals surface area contributed by atoms with E-state index in [1.165, 1.54) is 0 Å². The van der Waals surface area contributed by atoms with Crippen LogP contribution in [0.1, 0.15) is 33.4 Å². The first-order chi connectivity index (χ1) is 13.1. The van der Waals surface area contributed by atoms with Crippen LogP contribution in [0.2, 0.25) is 10.0 Å². The summed E-state index contributed by atoms with van der Waals surface area (Å²) in [5.41, 5.74) is 2.93. The van der Waals surface area contributed by atoms with Gasteiger partial charge in [-0.05, 0) is 35.4 Å². The van der Waals surface area contributed by atoms with E-state index in [-0.39, 0.29) is 18.6 Å². The molecule has 1 atom stereocenters. The van der Waals surface area contributed by atoms with Crippen LogP contribution in [-0.2, 0) is 24.4 Å². The zero-order valence-electron chi connectivity index (χ0n) is 14.2. The van der Waals surface area contributed by atoms with Gasteiger partial charge in [-0.15, -0.1) is 5.10 Å². The summed E-state index contributed by atoms with van der Waals surface area (Å²) < 4.78 is 7.64. The number of aromatic nitrogens is 3. The van der Waals surface area contributed by atoms with E-state index in [4.69, 9.17) is 27.9 Å². The molecule has 0 unspecified atom stereocenters. The summed E-state index contributed by atoms with van der Waals surface area (Å²) in [4.78, 5) is 12.5. The van der Waals surface area contributed by atoms with Crippen molar-refractivity contribution in [3.63, 3.8) is 0 Å². The highest BCUT2D eigenvalue weighted by Gasteiger charge is 2.27. The van der Waals surface area contributed by atoms with Crippen molar-refractivity contribution < 1.29 is 9.53 Å². The van der Waals surface area contributed by atoms with Crippen molar-refractivity contribution in [2.45, 2.75) is 25.8 Å². The summed E-state index contributed by atoms with van der Waals surface area (Å²) in [6.07, 6.45) is -0.151. The lowest BCUT2D eigenvalue weighted by atomic mass is 10.1. The minimum absolute atomic E-state index is 0.151. The quantitative estimate of drug-likeness (QED) is 0.720. The Morgan fingerprint density at radius 3 is 2.48 bits per heavy atom. The first-order valence-corrected chi connectivity index (χ1v) is 9.18. The smallest absolute Gasteiger partial charge is 0.274 e. The summed E-state index contributed by atoms with van der Waals surface area (Å²) in [5.74, 6) is -0.278. The van der Waals surface area contributed by atoms with Gasteiger partial charge in [0, 0.05) is 16.6 Å². The molecule has 0 saturated carbocycles. The van der Waals surface area contributed by atoms with Crippen LogP contribution >= 0.6 is 23.2 Å². The van der Waals surface area contributed by atoms with Crippen LogP contribution in [0.25, 0.3) is 0 Å². The van der Waals surface area contributed by atoms with Crippen molar-refractivity contribution in [2.24, 2.45) is 0 Å². The number of amides is 1. The Hall–Kier alpha value is -2.41. The summed E-state index contributed by atoms with van der Waals surface area (Å²) in [6, 6.07) is 14.8. The second-order valence-corrected chi connectivity index (χ2v) is 7.10. The molecule has 4 rings (SSSR count). The lowest BCUT2D eigenvalue weighted by Crippen LogP contribution is -2.27. The highest BCUT2D eigenvalue weighted by molar-refractivity contribution is 6.30. The molecule has 0 spiro atoms. The Balaban J connectivity index is 1.43. The number of carbonyl (C=O) groups is 1. The molecule has 1 aromatic heterocycles. The van der Waals surface area contributed by atoms with Crippen LogP contribution < -0.4 is 5.32 Å². The molecule has 1 aliphatic rings. The number of ether oxygens (including phenoxy) is 1. The first-order valence-electron chi connectivity index (χ1n) is 8.42. The highest BCUT2D eigenvalue weighted by atomic mass is 35.5. The van der Waals surface area contributed by atoms with Gasteiger partial charge in [0.1, 0.15) is 6.10 Å². The topological polar surface area (TPSA) is 69.0 Å². The van der Waals surface area contributed by atoms with Gasteiger partial charge >= 0.3 is 0 Å². The summed E-state index contributed by atoms with van der Waals surface area (Å²) >= 11 is 11.8. The van der Waals surface area contributed by atoms with Gasteiger partial charge in [-0.1, -0.05) is 52.7 Å². The van der Waals surface area contributed by atoms with E-state index in [0.29, 0.717) is 34.5 Å². The Bertz CT molecular complexity index is 955. The normalized spacial score (nSPS) is 16.0. The number of benzene rings is 2. The molecule has 0 saturated heterocycles. The Morgan fingerprint density at radius 1 is 1.11 bits per heavy atom. The maximum Gasteiger partial charge on any atom is 0.274 e. The van der Waals surface area contributed by atoms with E-state index >= 15 is 0 Å². The lowest BCUT2D eigenvalue weighted by Gasteiger charge is -2.24. The van der Waals surface area contributed by atoms with Gasteiger partial charge in [-0.3, -0.25) is 4.79 Å². The second-order valence-electron chi connectivity index (χ2n) is 6.23. The molecule has 3 aromatic rings. The summed E-state index contributed by atoms with van der Waals surface area (Å²) in [6.45, 7) is 1.15. The molecule has 6 nitrogen and oxygen atoms in total. The van der Waals surface area contributed by atoms with E-state index in [9.17, 15) is 4.79 Å². The van der Waals surface area contributed by atoms with E-state index in [2.05, 4.69) is 15.6 Å². The van der Waals surface area contributed by atoms with Crippen LogP contribution in [-0.4, -0.2) is 20.9 Å². The molecule has 138 valence electrons. The molecule has 1 amide bonds. The zero-order valence-corrected chi connectivity index (χ0v) is 15.7. The predicted molar refractivity (Wildman–Crippen MR) is 102 cm³/mol. The molecular weight excluding hydrogens is 387 g/mol. The van der Waals surface area contributed by atoms with E-state index in [0.717, 1.165) is 11.1 Å². The maximum atomic E-state index is 12.5. The van der Waals surface area contributed by atoms with Gasteiger partial charge in [-0.2, -0.15) is 0 Å². The highest BCUT2D eigenvalue weighted by Crippen LogP contribution is 2.27. The number of hydrogen-bond donors (Lipinski definition) is 1. The van der Waals surface area contributed by atoms with Crippen LogP contribution in [0.3, 0.4) is 0 Å². The molecule has 1 N–H and O–H groups in total. The van der Waals surface area contributed by atoms with Crippen LogP contribution in [0, 0.1) is 0 Å². The van der Waals surface area contributed by atoms with Crippen LogP contribution in [0.15, 0.2) is 48.5 Å². The van der Waals surface area contributed by atoms with E-state index < -0.39 is 0 Å². The molecule has 8 heteroatoms. The van der Waals surface area contributed by atoms with E-state index in [1.54, 1.807) is 16.8 Å². The summed E-state index contributed by atoms with van der Waals surface area (Å²) in [5, 5.41) is 12.4. The van der Waals surface area contributed by atoms with Gasteiger partial charge in [-0.25, -0.2) is 4.68 Å². The molecule has 0 fully saturated rings. The third-order valence-electron chi connectivity index (χ3n) is 4.42. The van der Waals surface area contributed by atoms with Crippen molar-refractivity contribution in [2.75, 3.05) is 0 Å². The Morgan fingerprint density at radius 2 is 1.78 bits per heavy atom. The average molecular weight is 403 g/mol. The van der Waals surface area contributed by atoms with Gasteiger partial charge in [0.15, 0.2) is 5.69 Å². The fourth-order valence-electron chi connectivity index (χ4n) is 2.94. The van der Waals surface area contributed by atoms with Gasteiger partial charge in [0.25, 0.3) is 5.91 Å². The standard InChI is InChI=1S/C19H16Cl2N4O2/c20-14-5-1-12(2-6-14)9-22-19(26)18-16-11-27-17(10-25(16)24-23-18)13-3-7-15(21)8-4-13/h1-8,17H,9-11H2,(H,22,26)/t17-/m1/s1. The Labute approximate surface area is 166 Å². The number of nitrogens with zero attached hydrogens (tertiary/aromatic N) is 3. The van der Waals surface area contributed by atoms with Crippen molar-refractivity contribution in [3.8, 4) is 0 Å². The minimum atomic E-state index is -0.278. The number of fused-ring (bicyclic) bond motifs is 1. The molecule has 2 aromatic carbocycles.